The van der Waals surface area contributed by atoms with Crippen LogP contribution in [-0.4, -0.2) is 18.5 Å². The van der Waals surface area contributed by atoms with E-state index in [1.165, 1.54) is 6.07 Å². The molecular formula is C20H16ClNO5. The van der Waals surface area contributed by atoms with Gasteiger partial charge in [-0.1, -0.05) is 41.9 Å². The molecule has 3 aromatic rings. The number of amides is 1. The van der Waals surface area contributed by atoms with E-state index in [0.717, 1.165) is 0 Å². The van der Waals surface area contributed by atoms with Gasteiger partial charge in [0, 0.05) is 0 Å². The molecule has 0 aliphatic heterocycles. The predicted octanol–water partition coefficient (Wildman–Crippen LogP) is 4.31. The minimum absolute atomic E-state index is 0.00722. The molecule has 6 nitrogen and oxygen atoms in total. The van der Waals surface area contributed by atoms with E-state index in [2.05, 4.69) is 5.32 Å². The lowest BCUT2D eigenvalue weighted by Crippen LogP contribution is -2.20. The summed E-state index contributed by atoms with van der Waals surface area (Å²) in [5.41, 5.74) is 0.443. The van der Waals surface area contributed by atoms with E-state index in [-0.39, 0.29) is 12.4 Å². The highest BCUT2D eigenvalue weighted by Gasteiger charge is 2.15. The van der Waals surface area contributed by atoms with Crippen LogP contribution in [0.3, 0.4) is 0 Å². The van der Waals surface area contributed by atoms with Crippen LogP contribution >= 0.6 is 11.6 Å². The molecule has 0 radical (unpaired) electrons. The molecule has 0 bridgehead atoms. The lowest BCUT2D eigenvalue weighted by molar-refractivity contribution is -0.119. The Balaban J connectivity index is 1.47. The summed E-state index contributed by atoms with van der Waals surface area (Å²) in [5, 5.41) is 2.96. The smallest absolute Gasteiger partial charge is 0.374 e. The number of para-hydroxylation sites is 2. The Bertz CT molecular complexity index is 923. The molecule has 0 saturated heterocycles. The summed E-state index contributed by atoms with van der Waals surface area (Å²) >= 11 is 5.95. The number of furan rings is 1. The summed E-state index contributed by atoms with van der Waals surface area (Å²) in [7, 11) is 0. The molecule has 1 aromatic heterocycles. The van der Waals surface area contributed by atoms with E-state index in [9.17, 15) is 9.59 Å². The van der Waals surface area contributed by atoms with Gasteiger partial charge in [-0.25, -0.2) is 4.79 Å². The van der Waals surface area contributed by atoms with Gasteiger partial charge in [0.15, 0.2) is 6.61 Å². The molecule has 0 aliphatic rings. The maximum absolute atomic E-state index is 12.0. The van der Waals surface area contributed by atoms with E-state index >= 15 is 0 Å². The van der Waals surface area contributed by atoms with Gasteiger partial charge in [-0.3, -0.25) is 4.79 Å². The second kappa shape index (κ2) is 8.91. The average Bonchev–Trinajstić information content (AvgIpc) is 3.16. The third-order valence-electron chi connectivity index (χ3n) is 3.47. The Morgan fingerprint density at radius 3 is 2.48 bits per heavy atom. The molecule has 2 aromatic carbocycles. The molecule has 0 unspecified atom stereocenters. The van der Waals surface area contributed by atoms with Gasteiger partial charge in [0.25, 0.3) is 5.91 Å². The van der Waals surface area contributed by atoms with Gasteiger partial charge in [0.2, 0.25) is 5.76 Å². The first kappa shape index (κ1) is 18.5. The number of rotatable bonds is 7. The van der Waals surface area contributed by atoms with E-state index in [1.54, 1.807) is 30.3 Å². The number of carbonyl (C=O) groups is 2. The monoisotopic (exact) mass is 385 g/mol. The van der Waals surface area contributed by atoms with Gasteiger partial charge in [-0.05, 0) is 36.4 Å². The third kappa shape index (κ3) is 5.36. The van der Waals surface area contributed by atoms with Crippen LogP contribution in [0.25, 0.3) is 0 Å². The van der Waals surface area contributed by atoms with Crippen molar-refractivity contribution in [3.63, 3.8) is 0 Å². The van der Waals surface area contributed by atoms with Crippen LogP contribution in [0.4, 0.5) is 5.69 Å². The number of hydrogen-bond acceptors (Lipinski definition) is 5. The van der Waals surface area contributed by atoms with Crippen molar-refractivity contribution < 1.29 is 23.5 Å². The molecule has 1 N–H and O–H groups in total. The van der Waals surface area contributed by atoms with Crippen LogP contribution in [0.1, 0.15) is 16.3 Å². The molecule has 0 saturated carbocycles. The first-order chi connectivity index (χ1) is 13.1. The van der Waals surface area contributed by atoms with E-state index in [4.69, 9.17) is 25.5 Å². The summed E-state index contributed by atoms with van der Waals surface area (Å²) in [6, 6.07) is 19.1. The standard InChI is InChI=1S/C20H16ClNO5/c21-16-8-4-5-9-17(16)22-19(23)13-26-20(24)18-11-10-15(27-18)12-25-14-6-2-1-3-7-14/h1-11H,12-13H2,(H,22,23). The Morgan fingerprint density at radius 2 is 1.70 bits per heavy atom. The lowest BCUT2D eigenvalue weighted by atomic mass is 10.3. The Hall–Kier alpha value is -3.25. The molecular weight excluding hydrogens is 370 g/mol. The minimum atomic E-state index is -0.740. The molecule has 138 valence electrons. The average molecular weight is 386 g/mol. The van der Waals surface area contributed by atoms with Crippen molar-refractivity contribution in [1.82, 2.24) is 0 Å². The van der Waals surface area contributed by atoms with Crippen molar-refractivity contribution in [2.45, 2.75) is 6.61 Å². The summed E-state index contributed by atoms with van der Waals surface area (Å²) < 4.78 is 15.9. The first-order valence-electron chi connectivity index (χ1n) is 8.10. The number of esters is 1. The lowest BCUT2D eigenvalue weighted by Gasteiger charge is -2.07. The van der Waals surface area contributed by atoms with Crippen LogP contribution in [0.2, 0.25) is 5.02 Å². The number of carbonyl (C=O) groups excluding carboxylic acids is 2. The van der Waals surface area contributed by atoms with Crippen LogP contribution < -0.4 is 10.1 Å². The Labute approximate surface area is 160 Å². The van der Waals surface area contributed by atoms with Gasteiger partial charge in [-0.2, -0.15) is 0 Å². The van der Waals surface area contributed by atoms with Crippen LogP contribution in [-0.2, 0) is 16.1 Å². The van der Waals surface area contributed by atoms with Gasteiger partial charge in [0.05, 0.1) is 10.7 Å². The highest BCUT2D eigenvalue weighted by molar-refractivity contribution is 6.33. The van der Waals surface area contributed by atoms with Crippen LogP contribution in [0.5, 0.6) is 5.75 Å². The quantitative estimate of drug-likeness (QED) is 0.613. The molecule has 0 fully saturated rings. The molecule has 0 spiro atoms. The number of halogens is 1. The Morgan fingerprint density at radius 1 is 0.963 bits per heavy atom. The first-order valence-corrected chi connectivity index (χ1v) is 8.47. The van der Waals surface area contributed by atoms with Crippen molar-refractivity contribution in [3.05, 3.63) is 83.3 Å². The Kier molecular flexibility index (Phi) is 6.12. The molecule has 7 heteroatoms. The van der Waals surface area contributed by atoms with E-state index in [1.807, 2.05) is 30.3 Å². The zero-order chi connectivity index (χ0) is 19.1. The normalized spacial score (nSPS) is 10.3. The van der Waals surface area contributed by atoms with Crippen LogP contribution in [0, 0.1) is 0 Å². The maximum Gasteiger partial charge on any atom is 0.374 e. The van der Waals surface area contributed by atoms with Gasteiger partial charge in [-0.15, -0.1) is 0 Å². The fraction of sp³-hybridized carbons (Fsp3) is 0.100. The number of anilines is 1. The number of hydrogen-bond donors (Lipinski definition) is 1. The summed E-state index contributed by atoms with van der Waals surface area (Å²) in [6.45, 7) is -0.287. The zero-order valence-electron chi connectivity index (χ0n) is 14.2. The van der Waals surface area contributed by atoms with Gasteiger partial charge < -0.3 is 19.2 Å². The molecule has 1 heterocycles. The minimum Gasteiger partial charge on any atom is -0.486 e. The predicted molar refractivity (Wildman–Crippen MR) is 99.8 cm³/mol. The van der Waals surface area contributed by atoms with Crippen molar-refractivity contribution in [3.8, 4) is 5.75 Å². The SMILES string of the molecule is O=C(COC(=O)c1ccc(COc2ccccc2)o1)Nc1ccccc1Cl. The van der Waals surface area contributed by atoms with Crippen LogP contribution in [0.15, 0.2) is 71.1 Å². The summed E-state index contributed by atoms with van der Waals surface area (Å²) in [4.78, 5) is 23.9. The molecule has 3 rings (SSSR count). The molecule has 0 atom stereocenters. The van der Waals surface area contributed by atoms with Crippen molar-refractivity contribution in [2.24, 2.45) is 0 Å². The fourth-order valence-electron chi connectivity index (χ4n) is 2.19. The fourth-order valence-corrected chi connectivity index (χ4v) is 2.37. The zero-order valence-corrected chi connectivity index (χ0v) is 14.9. The van der Waals surface area contributed by atoms with E-state index in [0.29, 0.717) is 22.2 Å². The highest BCUT2D eigenvalue weighted by atomic mass is 35.5. The molecule has 27 heavy (non-hydrogen) atoms. The second-order valence-electron chi connectivity index (χ2n) is 5.47. The van der Waals surface area contributed by atoms with Gasteiger partial charge >= 0.3 is 5.97 Å². The maximum atomic E-state index is 12.0. The van der Waals surface area contributed by atoms with Crippen molar-refractivity contribution in [1.29, 1.82) is 0 Å². The summed E-state index contributed by atoms with van der Waals surface area (Å²) in [5.74, 6) is -0.0984. The highest BCUT2D eigenvalue weighted by Crippen LogP contribution is 2.20. The number of benzene rings is 2. The second-order valence-corrected chi connectivity index (χ2v) is 5.88. The van der Waals surface area contributed by atoms with Crippen molar-refractivity contribution >= 4 is 29.2 Å². The third-order valence-corrected chi connectivity index (χ3v) is 3.80. The van der Waals surface area contributed by atoms with E-state index < -0.39 is 18.5 Å². The molecule has 0 aliphatic carbocycles. The largest absolute Gasteiger partial charge is 0.486 e. The van der Waals surface area contributed by atoms with Gasteiger partial charge in [0.1, 0.15) is 18.1 Å². The summed E-state index contributed by atoms with van der Waals surface area (Å²) in [6.07, 6.45) is 0. The number of ether oxygens (including phenoxy) is 2. The molecule has 1 amide bonds. The van der Waals surface area contributed by atoms with Crippen molar-refractivity contribution in [2.75, 3.05) is 11.9 Å². The topological polar surface area (TPSA) is 77.8 Å². The number of nitrogens with one attached hydrogen (secondary N) is 1.